The summed E-state index contributed by atoms with van der Waals surface area (Å²) in [6.45, 7) is 1.82. The molecule has 1 N–H and O–H groups in total. The lowest BCUT2D eigenvalue weighted by Gasteiger charge is -2.32. The highest BCUT2D eigenvalue weighted by molar-refractivity contribution is 5.82. The molecule has 0 radical (unpaired) electrons. The molecule has 0 bridgehead atoms. The molecule has 1 aromatic heterocycles. The van der Waals surface area contributed by atoms with Gasteiger partial charge in [0.1, 0.15) is 6.54 Å². The Kier molecular flexibility index (Phi) is 5.46. The maximum atomic E-state index is 12.6. The van der Waals surface area contributed by atoms with Crippen molar-refractivity contribution >= 4 is 16.8 Å². The second-order valence-corrected chi connectivity index (χ2v) is 6.73. The van der Waals surface area contributed by atoms with Crippen molar-refractivity contribution in [1.29, 1.82) is 0 Å². The van der Waals surface area contributed by atoms with Crippen LogP contribution in [0.4, 0.5) is 0 Å². The van der Waals surface area contributed by atoms with Crippen molar-refractivity contribution in [2.45, 2.75) is 31.7 Å². The molecule has 1 fully saturated rings. The van der Waals surface area contributed by atoms with Crippen LogP contribution in [0.15, 0.2) is 60.8 Å². The highest BCUT2D eigenvalue weighted by Gasteiger charge is 2.28. The molecule has 6 heteroatoms. The minimum absolute atomic E-state index is 0.0581. The van der Waals surface area contributed by atoms with Crippen molar-refractivity contribution in [2.75, 3.05) is 13.2 Å². The minimum atomic E-state index is -0.156. The highest BCUT2D eigenvalue weighted by atomic mass is 16.5. The number of hydrogen-bond donors (Lipinski definition) is 1. The maximum Gasteiger partial charge on any atom is 0.242 e. The third-order valence-corrected chi connectivity index (χ3v) is 4.79. The molecule has 2 atom stereocenters. The maximum absolute atomic E-state index is 12.6. The molecule has 2 heterocycles. The van der Waals surface area contributed by atoms with E-state index in [1.807, 2.05) is 54.6 Å². The van der Waals surface area contributed by atoms with E-state index in [1.54, 1.807) is 10.9 Å². The summed E-state index contributed by atoms with van der Waals surface area (Å²) < 4.78 is 13.3. The highest BCUT2D eigenvalue weighted by Crippen LogP contribution is 2.15. The van der Waals surface area contributed by atoms with Crippen molar-refractivity contribution in [2.24, 2.45) is 0 Å². The number of amides is 1. The lowest BCUT2D eigenvalue weighted by molar-refractivity contribution is -0.127. The zero-order valence-corrected chi connectivity index (χ0v) is 15.1. The van der Waals surface area contributed by atoms with Crippen LogP contribution in [0.3, 0.4) is 0 Å². The van der Waals surface area contributed by atoms with Crippen LogP contribution in [0.2, 0.25) is 0 Å². The zero-order chi connectivity index (χ0) is 18.5. The molecule has 140 valence electrons. The van der Waals surface area contributed by atoms with Crippen molar-refractivity contribution in [3.8, 4) is 0 Å². The second kappa shape index (κ2) is 8.33. The second-order valence-electron chi connectivity index (χ2n) is 6.73. The fourth-order valence-corrected chi connectivity index (χ4v) is 3.37. The number of hydrogen-bond acceptors (Lipinski definition) is 4. The average molecular weight is 365 g/mol. The van der Waals surface area contributed by atoms with Gasteiger partial charge in [-0.05, 0) is 18.1 Å². The van der Waals surface area contributed by atoms with Gasteiger partial charge in [0.15, 0.2) is 0 Å². The Morgan fingerprint density at radius 1 is 1.19 bits per heavy atom. The van der Waals surface area contributed by atoms with Gasteiger partial charge in [-0.2, -0.15) is 5.10 Å². The van der Waals surface area contributed by atoms with Gasteiger partial charge in [0.2, 0.25) is 5.91 Å². The Labute approximate surface area is 158 Å². The number of benzene rings is 2. The molecule has 3 aromatic rings. The molecule has 4 rings (SSSR count). The summed E-state index contributed by atoms with van der Waals surface area (Å²) in [6.07, 6.45) is 2.48. The van der Waals surface area contributed by atoms with E-state index in [1.165, 1.54) is 0 Å². The number of carbonyl (C=O) groups excluding carboxylic acids is 1. The number of ether oxygens (including phenoxy) is 2. The number of aromatic nitrogens is 2. The molecular weight excluding hydrogens is 342 g/mol. The molecule has 6 nitrogen and oxygen atoms in total. The first kappa shape index (κ1) is 17.7. The van der Waals surface area contributed by atoms with E-state index in [-0.39, 0.29) is 24.6 Å². The summed E-state index contributed by atoms with van der Waals surface area (Å²) in [4.78, 5) is 12.6. The molecule has 2 aromatic carbocycles. The number of para-hydroxylation sites is 1. The Balaban J connectivity index is 1.36. The SMILES string of the molecule is O=C(Cn1ncc2ccccc21)NC1COCCC1OCc1ccccc1. The van der Waals surface area contributed by atoms with Gasteiger partial charge in [-0.1, -0.05) is 48.5 Å². The van der Waals surface area contributed by atoms with Gasteiger partial charge in [-0.25, -0.2) is 0 Å². The van der Waals surface area contributed by atoms with Crippen LogP contribution in [0, 0.1) is 0 Å². The third kappa shape index (κ3) is 4.35. The molecule has 0 aliphatic carbocycles. The number of nitrogens with one attached hydrogen (secondary N) is 1. The molecule has 1 saturated heterocycles. The molecule has 0 saturated carbocycles. The van der Waals surface area contributed by atoms with Crippen molar-refractivity contribution in [3.63, 3.8) is 0 Å². The average Bonchev–Trinajstić information content (AvgIpc) is 3.11. The normalized spacial score (nSPS) is 19.9. The van der Waals surface area contributed by atoms with E-state index in [0.717, 1.165) is 22.9 Å². The molecule has 2 unspecified atom stereocenters. The van der Waals surface area contributed by atoms with Crippen LogP contribution in [0.1, 0.15) is 12.0 Å². The van der Waals surface area contributed by atoms with E-state index >= 15 is 0 Å². The first-order chi connectivity index (χ1) is 13.3. The largest absolute Gasteiger partial charge is 0.379 e. The van der Waals surface area contributed by atoms with E-state index in [2.05, 4.69) is 10.4 Å². The molecular formula is C21H23N3O3. The first-order valence-corrected chi connectivity index (χ1v) is 9.23. The van der Waals surface area contributed by atoms with Gasteiger partial charge >= 0.3 is 0 Å². The molecule has 1 aliphatic rings. The topological polar surface area (TPSA) is 65.4 Å². The summed E-state index contributed by atoms with van der Waals surface area (Å²) >= 11 is 0. The predicted octanol–water partition coefficient (Wildman–Crippen LogP) is 2.53. The molecule has 27 heavy (non-hydrogen) atoms. The number of nitrogens with zero attached hydrogens (tertiary/aromatic N) is 2. The van der Waals surface area contributed by atoms with Gasteiger partial charge in [0, 0.05) is 12.0 Å². The summed E-state index contributed by atoms with van der Waals surface area (Å²) in [5.74, 6) is -0.0901. The third-order valence-electron chi connectivity index (χ3n) is 4.79. The van der Waals surface area contributed by atoms with Gasteiger partial charge in [-0.3, -0.25) is 9.48 Å². The van der Waals surface area contributed by atoms with Crippen LogP contribution >= 0.6 is 0 Å². The fraction of sp³-hybridized carbons (Fsp3) is 0.333. The lowest BCUT2D eigenvalue weighted by atomic mass is 10.1. The lowest BCUT2D eigenvalue weighted by Crippen LogP contribution is -2.51. The Morgan fingerprint density at radius 3 is 2.89 bits per heavy atom. The summed E-state index contributed by atoms with van der Waals surface area (Å²) in [7, 11) is 0. The summed E-state index contributed by atoms with van der Waals surface area (Å²) in [5.41, 5.74) is 2.07. The van der Waals surface area contributed by atoms with E-state index in [4.69, 9.17) is 9.47 Å². The van der Waals surface area contributed by atoms with Gasteiger partial charge < -0.3 is 14.8 Å². The first-order valence-electron chi connectivity index (χ1n) is 9.23. The summed E-state index contributed by atoms with van der Waals surface area (Å²) in [5, 5.41) is 8.40. The Morgan fingerprint density at radius 2 is 2.00 bits per heavy atom. The van der Waals surface area contributed by atoms with Crippen molar-refractivity contribution in [3.05, 3.63) is 66.4 Å². The number of rotatable bonds is 6. The minimum Gasteiger partial charge on any atom is -0.379 e. The summed E-state index contributed by atoms with van der Waals surface area (Å²) in [6, 6.07) is 17.8. The van der Waals surface area contributed by atoms with Gasteiger partial charge in [0.25, 0.3) is 0 Å². The smallest absolute Gasteiger partial charge is 0.242 e. The standard InChI is InChI=1S/C21H23N3O3/c25-21(13-24-19-9-5-4-8-17(19)12-22-24)23-18-15-26-11-10-20(18)27-14-16-6-2-1-3-7-16/h1-9,12,18,20H,10-11,13-15H2,(H,23,25). The zero-order valence-electron chi connectivity index (χ0n) is 15.1. The van der Waals surface area contributed by atoms with Gasteiger partial charge in [-0.15, -0.1) is 0 Å². The van der Waals surface area contributed by atoms with Crippen LogP contribution in [-0.2, 0) is 27.4 Å². The Hall–Kier alpha value is -2.70. The van der Waals surface area contributed by atoms with Crippen molar-refractivity contribution in [1.82, 2.24) is 15.1 Å². The van der Waals surface area contributed by atoms with Crippen LogP contribution in [0.25, 0.3) is 10.9 Å². The molecule has 1 aliphatic heterocycles. The van der Waals surface area contributed by atoms with Crippen LogP contribution in [0.5, 0.6) is 0 Å². The van der Waals surface area contributed by atoms with E-state index in [9.17, 15) is 4.79 Å². The fourth-order valence-electron chi connectivity index (χ4n) is 3.37. The monoisotopic (exact) mass is 365 g/mol. The van der Waals surface area contributed by atoms with Gasteiger partial charge in [0.05, 0.1) is 37.1 Å². The number of fused-ring (bicyclic) bond motifs is 1. The van der Waals surface area contributed by atoms with Crippen LogP contribution in [-0.4, -0.2) is 41.0 Å². The Bertz CT molecular complexity index is 894. The van der Waals surface area contributed by atoms with E-state index < -0.39 is 0 Å². The number of carbonyl (C=O) groups is 1. The van der Waals surface area contributed by atoms with Crippen LogP contribution < -0.4 is 5.32 Å². The molecule has 1 amide bonds. The quantitative estimate of drug-likeness (QED) is 0.729. The predicted molar refractivity (Wildman–Crippen MR) is 102 cm³/mol. The van der Waals surface area contributed by atoms with E-state index in [0.29, 0.717) is 19.8 Å². The van der Waals surface area contributed by atoms with Crippen molar-refractivity contribution < 1.29 is 14.3 Å². The molecule has 0 spiro atoms.